The normalized spacial score (nSPS) is 16.4. The van der Waals surface area contributed by atoms with E-state index < -0.39 is 29.7 Å². The largest absolute Gasteiger partial charge is 0.485 e. The fourth-order valence-electron chi connectivity index (χ4n) is 2.43. The second-order valence-corrected chi connectivity index (χ2v) is 5.54. The lowest BCUT2D eigenvalue weighted by atomic mass is 10.2. The summed E-state index contributed by atoms with van der Waals surface area (Å²) in [6.07, 6.45) is -5.63. The number of rotatable bonds is 4. The molecule has 0 spiro atoms. The van der Waals surface area contributed by atoms with E-state index in [4.69, 9.17) is 9.47 Å². The van der Waals surface area contributed by atoms with Crippen LogP contribution in [-0.2, 0) is 24.6 Å². The Morgan fingerprint density at radius 3 is 2.69 bits per heavy atom. The minimum atomic E-state index is -4.73. The van der Waals surface area contributed by atoms with E-state index in [1.807, 2.05) is 0 Å². The number of hydrogen-bond acceptors (Lipinski definition) is 5. The zero-order chi connectivity index (χ0) is 18.9. The highest BCUT2D eigenvalue weighted by Crippen LogP contribution is 2.30. The van der Waals surface area contributed by atoms with Crippen LogP contribution in [0.4, 0.5) is 13.2 Å². The van der Waals surface area contributed by atoms with Gasteiger partial charge >= 0.3 is 11.9 Å². The lowest BCUT2D eigenvalue weighted by molar-refractivity contribution is -0.147. The molecule has 2 aromatic rings. The minimum Gasteiger partial charge on any atom is -0.485 e. The monoisotopic (exact) mass is 372 g/mol. The summed E-state index contributed by atoms with van der Waals surface area (Å²) in [4.78, 5) is 23.9. The molecule has 11 heteroatoms. The van der Waals surface area contributed by atoms with Gasteiger partial charge in [-0.25, -0.2) is 9.48 Å². The van der Waals surface area contributed by atoms with Crippen molar-refractivity contribution in [2.45, 2.75) is 18.8 Å². The van der Waals surface area contributed by atoms with E-state index in [2.05, 4.69) is 10.4 Å². The number of nitrogens with one attached hydrogen (secondary N) is 1. The minimum absolute atomic E-state index is 0.00457. The van der Waals surface area contributed by atoms with Crippen LogP contribution in [0, 0.1) is 0 Å². The molecular formula is C15H15F3N4O4. The van der Waals surface area contributed by atoms with Crippen molar-refractivity contribution in [1.82, 2.24) is 19.7 Å². The summed E-state index contributed by atoms with van der Waals surface area (Å²) in [5.41, 5.74) is -0.919. The van der Waals surface area contributed by atoms with Crippen LogP contribution in [0.15, 0.2) is 29.1 Å². The summed E-state index contributed by atoms with van der Waals surface area (Å²) in [6, 6.07) is 6.85. The summed E-state index contributed by atoms with van der Waals surface area (Å²) in [5.74, 6) is -0.847. The number of fused-ring (bicyclic) bond motifs is 1. The molecule has 3 rings (SSSR count). The van der Waals surface area contributed by atoms with Crippen LogP contribution < -0.4 is 20.5 Å². The molecule has 0 unspecified atom stereocenters. The van der Waals surface area contributed by atoms with Gasteiger partial charge in [-0.2, -0.15) is 13.2 Å². The molecule has 0 saturated heterocycles. The second kappa shape index (κ2) is 6.73. The highest BCUT2D eigenvalue weighted by molar-refractivity contribution is 5.81. The van der Waals surface area contributed by atoms with Crippen molar-refractivity contribution in [3.8, 4) is 11.5 Å². The van der Waals surface area contributed by atoms with Gasteiger partial charge in [0.15, 0.2) is 11.5 Å². The van der Waals surface area contributed by atoms with E-state index in [0.29, 0.717) is 20.7 Å². The third-order valence-corrected chi connectivity index (χ3v) is 3.72. The number of ether oxygens (including phenoxy) is 2. The molecule has 0 bridgehead atoms. The van der Waals surface area contributed by atoms with Crippen LogP contribution >= 0.6 is 0 Å². The molecule has 1 aromatic heterocycles. The van der Waals surface area contributed by atoms with Gasteiger partial charge in [-0.1, -0.05) is 12.1 Å². The van der Waals surface area contributed by atoms with Gasteiger partial charge in [0.05, 0.1) is 6.54 Å². The SMILES string of the molecule is Cn1c(C(F)(F)F)nn(CCNC(=O)[C@H]2COc3ccccc3O2)c1=O. The fraction of sp³-hybridized carbons (Fsp3) is 0.400. The molecule has 2 heterocycles. The van der Waals surface area contributed by atoms with Crippen molar-refractivity contribution in [3.63, 3.8) is 0 Å². The maximum atomic E-state index is 12.7. The number of benzene rings is 1. The molecule has 1 atom stereocenters. The quantitative estimate of drug-likeness (QED) is 0.847. The number of halogens is 3. The third-order valence-electron chi connectivity index (χ3n) is 3.72. The third kappa shape index (κ3) is 3.51. The van der Waals surface area contributed by atoms with Gasteiger partial charge in [-0.15, -0.1) is 5.10 Å². The summed E-state index contributed by atoms with van der Waals surface area (Å²) in [5, 5.41) is 5.75. The molecule has 1 N–H and O–H groups in total. The Bertz CT molecular complexity index is 875. The molecule has 1 aliphatic heterocycles. The van der Waals surface area contributed by atoms with Crippen molar-refractivity contribution in [1.29, 1.82) is 0 Å². The number of aromatic nitrogens is 3. The summed E-state index contributed by atoms with van der Waals surface area (Å²) in [7, 11) is 0.984. The van der Waals surface area contributed by atoms with Crippen LogP contribution in [0.5, 0.6) is 11.5 Å². The first kappa shape index (κ1) is 17.8. The highest BCUT2D eigenvalue weighted by Gasteiger charge is 2.38. The molecule has 0 saturated carbocycles. The van der Waals surface area contributed by atoms with Gasteiger partial charge in [-0.3, -0.25) is 9.36 Å². The van der Waals surface area contributed by atoms with Crippen LogP contribution in [0.2, 0.25) is 0 Å². The first-order chi connectivity index (χ1) is 12.3. The number of nitrogens with zero attached hydrogens (tertiary/aromatic N) is 3. The smallest absolute Gasteiger partial charge is 0.451 e. The first-order valence-corrected chi connectivity index (χ1v) is 7.64. The van der Waals surface area contributed by atoms with Gasteiger partial charge in [0.1, 0.15) is 6.61 Å². The van der Waals surface area contributed by atoms with Crippen LogP contribution in [0.3, 0.4) is 0 Å². The van der Waals surface area contributed by atoms with E-state index in [-0.39, 0.29) is 19.7 Å². The van der Waals surface area contributed by atoms with Crippen LogP contribution in [0.1, 0.15) is 5.82 Å². The first-order valence-electron chi connectivity index (χ1n) is 7.64. The predicted octanol–water partition coefficient (Wildman–Crippen LogP) is 0.557. The molecule has 0 fully saturated rings. The summed E-state index contributed by atoms with van der Waals surface area (Å²) >= 11 is 0. The number of carbonyl (C=O) groups is 1. The van der Waals surface area contributed by atoms with E-state index in [1.54, 1.807) is 24.3 Å². The molecule has 0 aliphatic carbocycles. The van der Waals surface area contributed by atoms with Gasteiger partial charge < -0.3 is 14.8 Å². The lowest BCUT2D eigenvalue weighted by Crippen LogP contribution is -2.45. The molecule has 0 radical (unpaired) electrons. The van der Waals surface area contributed by atoms with Gasteiger partial charge in [0, 0.05) is 13.6 Å². The van der Waals surface area contributed by atoms with Crippen molar-refractivity contribution >= 4 is 5.91 Å². The predicted molar refractivity (Wildman–Crippen MR) is 81.8 cm³/mol. The Kier molecular flexibility index (Phi) is 4.62. The second-order valence-electron chi connectivity index (χ2n) is 5.54. The molecule has 1 aliphatic rings. The molecule has 26 heavy (non-hydrogen) atoms. The van der Waals surface area contributed by atoms with Gasteiger partial charge in [0.25, 0.3) is 5.91 Å². The Morgan fingerprint density at radius 2 is 2.04 bits per heavy atom. The highest BCUT2D eigenvalue weighted by atomic mass is 19.4. The topological polar surface area (TPSA) is 87.4 Å². The lowest BCUT2D eigenvalue weighted by Gasteiger charge is -2.25. The van der Waals surface area contributed by atoms with Crippen molar-refractivity contribution in [2.24, 2.45) is 7.05 Å². The molecule has 1 aromatic carbocycles. The van der Waals surface area contributed by atoms with Crippen LogP contribution in [0.25, 0.3) is 0 Å². The maximum Gasteiger partial charge on any atom is 0.451 e. The van der Waals surface area contributed by atoms with E-state index in [1.165, 1.54) is 0 Å². The van der Waals surface area contributed by atoms with E-state index >= 15 is 0 Å². The maximum absolute atomic E-state index is 12.7. The Labute approximate surface area is 145 Å². The number of para-hydroxylation sites is 2. The van der Waals surface area contributed by atoms with Gasteiger partial charge in [0.2, 0.25) is 11.9 Å². The summed E-state index contributed by atoms with van der Waals surface area (Å²) in [6.45, 7) is -0.294. The van der Waals surface area contributed by atoms with Crippen molar-refractivity contribution in [3.05, 3.63) is 40.6 Å². The van der Waals surface area contributed by atoms with Crippen molar-refractivity contribution < 1.29 is 27.4 Å². The Morgan fingerprint density at radius 1 is 1.35 bits per heavy atom. The van der Waals surface area contributed by atoms with E-state index in [0.717, 1.165) is 7.05 Å². The number of amides is 1. The fourth-order valence-corrected chi connectivity index (χ4v) is 2.43. The van der Waals surface area contributed by atoms with Gasteiger partial charge in [-0.05, 0) is 12.1 Å². The summed E-state index contributed by atoms with van der Waals surface area (Å²) < 4.78 is 50.2. The van der Waals surface area contributed by atoms with E-state index in [9.17, 15) is 22.8 Å². The molecule has 140 valence electrons. The van der Waals surface area contributed by atoms with Crippen LogP contribution in [-0.4, -0.2) is 39.5 Å². The Hall–Kier alpha value is -2.98. The molecule has 8 nitrogen and oxygen atoms in total. The Balaban J connectivity index is 1.58. The molecular weight excluding hydrogens is 357 g/mol. The number of carbonyl (C=O) groups excluding carboxylic acids is 1. The zero-order valence-electron chi connectivity index (χ0n) is 13.6. The van der Waals surface area contributed by atoms with Crippen molar-refractivity contribution in [2.75, 3.05) is 13.2 Å². The number of alkyl halides is 3. The standard InChI is InChI=1S/C15H15F3N4O4/c1-21-13(15(16,17)18)20-22(14(21)24)7-6-19-12(23)11-8-25-9-4-2-3-5-10(9)26-11/h2-5,11H,6-8H2,1H3,(H,19,23)/t11-/m1/s1. The zero-order valence-corrected chi connectivity index (χ0v) is 13.6. The average Bonchev–Trinajstić information content (AvgIpc) is 2.90. The average molecular weight is 372 g/mol. The number of hydrogen-bond donors (Lipinski definition) is 1. The molecule has 1 amide bonds.